The molecule has 0 bridgehead atoms. The highest BCUT2D eigenvalue weighted by molar-refractivity contribution is 7.98. The third-order valence-electron chi connectivity index (χ3n) is 4.35. The molecule has 0 N–H and O–H groups in total. The summed E-state index contributed by atoms with van der Waals surface area (Å²) in [5.41, 5.74) is 0.625. The topological polar surface area (TPSA) is 54.5 Å². The Hall–Kier alpha value is -1.50. The van der Waals surface area contributed by atoms with E-state index in [1.807, 2.05) is 24.5 Å². The standard InChI is InChI=1S/C18H18ClNO3S2/c1-24-17-5-3-2-4-16(17)18(21)20-11-10-15(12-20)25(22,23)14-8-6-13(19)7-9-14/h2-9,15H,10-12H2,1H3. The van der Waals surface area contributed by atoms with E-state index in [1.54, 1.807) is 23.1 Å². The number of hydrogen-bond donors (Lipinski definition) is 0. The number of halogens is 1. The smallest absolute Gasteiger partial charge is 0.255 e. The Bertz CT molecular complexity index is 881. The van der Waals surface area contributed by atoms with Gasteiger partial charge in [-0.05, 0) is 49.1 Å². The molecule has 0 spiro atoms. The summed E-state index contributed by atoms with van der Waals surface area (Å²) < 4.78 is 25.6. The number of hydrogen-bond acceptors (Lipinski definition) is 4. The second-order valence-electron chi connectivity index (χ2n) is 5.86. The Morgan fingerprint density at radius 3 is 2.52 bits per heavy atom. The zero-order chi connectivity index (χ0) is 18.0. The van der Waals surface area contributed by atoms with Gasteiger partial charge in [0.2, 0.25) is 0 Å². The van der Waals surface area contributed by atoms with Gasteiger partial charge in [0, 0.05) is 23.0 Å². The van der Waals surface area contributed by atoms with Gasteiger partial charge in [0.15, 0.2) is 9.84 Å². The van der Waals surface area contributed by atoms with Crippen molar-refractivity contribution < 1.29 is 13.2 Å². The third-order valence-corrected chi connectivity index (χ3v) is 7.59. The van der Waals surface area contributed by atoms with E-state index >= 15 is 0 Å². The van der Waals surface area contributed by atoms with Gasteiger partial charge in [-0.3, -0.25) is 4.79 Å². The predicted octanol–water partition coefficient (Wildman–Crippen LogP) is 3.75. The molecule has 25 heavy (non-hydrogen) atoms. The molecule has 0 saturated carbocycles. The van der Waals surface area contributed by atoms with Crippen LogP contribution in [-0.4, -0.2) is 43.8 Å². The van der Waals surface area contributed by atoms with Crippen molar-refractivity contribution in [3.05, 3.63) is 59.1 Å². The Morgan fingerprint density at radius 1 is 1.16 bits per heavy atom. The molecule has 1 aliphatic heterocycles. The highest BCUT2D eigenvalue weighted by Crippen LogP contribution is 2.28. The van der Waals surface area contributed by atoms with Crippen LogP contribution in [0.3, 0.4) is 0 Å². The van der Waals surface area contributed by atoms with Crippen LogP contribution in [0, 0.1) is 0 Å². The Kier molecular flexibility index (Phi) is 5.41. The number of amides is 1. The van der Waals surface area contributed by atoms with Crippen molar-refractivity contribution in [3.8, 4) is 0 Å². The Morgan fingerprint density at radius 2 is 1.84 bits per heavy atom. The molecule has 1 unspecified atom stereocenters. The van der Waals surface area contributed by atoms with E-state index in [0.717, 1.165) is 4.90 Å². The maximum absolute atomic E-state index is 12.8. The SMILES string of the molecule is CSc1ccccc1C(=O)N1CCC(S(=O)(=O)c2ccc(Cl)cc2)C1. The molecular formula is C18H18ClNO3S2. The fraction of sp³-hybridized carbons (Fsp3) is 0.278. The van der Waals surface area contributed by atoms with E-state index in [9.17, 15) is 13.2 Å². The van der Waals surface area contributed by atoms with Crippen molar-refractivity contribution in [3.63, 3.8) is 0 Å². The first-order valence-electron chi connectivity index (χ1n) is 7.85. The molecular weight excluding hydrogens is 378 g/mol. The lowest BCUT2D eigenvalue weighted by atomic mass is 10.2. The van der Waals surface area contributed by atoms with Gasteiger partial charge in [0.1, 0.15) is 0 Å². The van der Waals surface area contributed by atoms with E-state index < -0.39 is 15.1 Å². The number of rotatable bonds is 4. The molecule has 0 aliphatic carbocycles. The van der Waals surface area contributed by atoms with Gasteiger partial charge in [-0.2, -0.15) is 0 Å². The van der Waals surface area contributed by atoms with Crippen LogP contribution in [-0.2, 0) is 9.84 Å². The van der Waals surface area contributed by atoms with Gasteiger partial charge >= 0.3 is 0 Å². The van der Waals surface area contributed by atoms with E-state index in [1.165, 1.54) is 23.9 Å². The van der Waals surface area contributed by atoms with Gasteiger partial charge in [0.25, 0.3) is 5.91 Å². The lowest BCUT2D eigenvalue weighted by Gasteiger charge is -2.18. The minimum atomic E-state index is -3.48. The van der Waals surface area contributed by atoms with Crippen molar-refractivity contribution in [1.29, 1.82) is 0 Å². The summed E-state index contributed by atoms with van der Waals surface area (Å²) in [4.78, 5) is 15.6. The lowest BCUT2D eigenvalue weighted by Crippen LogP contribution is -2.32. The summed E-state index contributed by atoms with van der Waals surface area (Å²) in [6, 6.07) is 13.6. The summed E-state index contributed by atoms with van der Waals surface area (Å²) in [6.07, 6.45) is 2.36. The highest BCUT2D eigenvalue weighted by Gasteiger charge is 2.36. The van der Waals surface area contributed by atoms with Gasteiger partial charge in [-0.15, -0.1) is 11.8 Å². The van der Waals surface area contributed by atoms with Crippen molar-refractivity contribution in [2.75, 3.05) is 19.3 Å². The summed E-state index contributed by atoms with van der Waals surface area (Å²) in [5.74, 6) is -0.112. The molecule has 0 aromatic heterocycles. The monoisotopic (exact) mass is 395 g/mol. The zero-order valence-corrected chi connectivity index (χ0v) is 16.1. The maximum Gasteiger partial charge on any atom is 0.255 e. The first kappa shape index (κ1) is 18.3. The third kappa shape index (κ3) is 3.71. The van der Waals surface area contributed by atoms with Crippen molar-refractivity contribution >= 4 is 39.1 Å². The second kappa shape index (κ2) is 7.40. The first-order chi connectivity index (χ1) is 11.9. The Balaban J connectivity index is 1.79. The number of thioether (sulfide) groups is 1. The van der Waals surface area contributed by atoms with Crippen LogP contribution in [0.1, 0.15) is 16.8 Å². The quantitative estimate of drug-likeness (QED) is 0.740. The normalized spacial score (nSPS) is 17.7. The molecule has 1 heterocycles. The average Bonchev–Trinajstić information content (AvgIpc) is 3.12. The van der Waals surface area contributed by atoms with Crippen LogP contribution in [0.5, 0.6) is 0 Å². The molecule has 1 fully saturated rings. The maximum atomic E-state index is 12.8. The zero-order valence-electron chi connectivity index (χ0n) is 13.7. The van der Waals surface area contributed by atoms with Gasteiger partial charge in [0.05, 0.1) is 15.7 Å². The molecule has 1 atom stereocenters. The molecule has 3 rings (SSSR count). The molecule has 1 saturated heterocycles. The summed E-state index contributed by atoms with van der Waals surface area (Å²) in [6.45, 7) is 0.658. The van der Waals surface area contributed by atoms with Gasteiger partial charge in [-0.25, -0.2) is 8.42 Å². The molecule has 1 amide bonds. The fourth-order valence-corrected chi connectivity index (χ4v) is 5.38. The first-order valence-corrected chi connectivity index (χ1v) is 11.0. The lowest BCUT2D eigenvalue weighted by molar-refractivity contribution is 0.0790. The fourth-order valence-electron chi connectivity index (χ4n) is 2.97. The van der Waals surface area contributed by atoms with Crippen LogP contribution < -0.4 is 0 Å². The average molecular weight is 396 g/mol. The van der Waals surface area contributed by atoms with Crippen molar-refractivity contribution in [1.82, 2.24) is 4.90 Å². The summed E-state index contributed by atoms with van der Waals surface area (Å²) in [5, 5.41) is -0.0880. The number of likely N-dealkylation sites (tertiary alicyclic amines) is 1. The number of sulfone groups is 1. The number of nitrogens with zero attached hydrogens (tertiary/aromatic N) is 1. The van der Waals surface area contributed by atoms with Crippen LogP contribution in [0.4, 0.5) is 0 Å². The minimum Gasteiger partial charge on any atom is -0.337 e. The van der Waals surface area contributed by atoms with E-state index in [2.05, 4.69) is 0 Å². The molecule has 7 heteroatoms. The predicted molar refractivity (Wildman–Crippen MR) is 101 cm³/mol. The van der Waals surface area contributed by atoms with Crippen LogP contribution >= 0.6 is 23.4 Å². The molecule has 132 valence electrons. The summed E-state index contributed by atoms with van der Waals surface area (Å²) in [7, 11) is -3.48. The summed E-state index contributed by atoms with van der Waals surface area (Å²) >= 11 is 7.34. The minimum absolute atomic E-state index is 0.112. The van der Waals surface area contributed by atoms with Crippen LogP contribution in [0.2, 0.25) is 5.02 Å². The number of carbonyl (C=O) groups excluding carboxylic acids is 1. The molecule has 1 aliphatic rings. The van der Waals surface area contributed by atoms with Crippen molar-refractivity contribution in [2.45, 2.75) is 21.5 Å². The van der Waals surface area contributed by atoms with Crippen LogP contribution in [0.15, 0.2) is 58.3 Å². The molecule has 2 aromatic rings. The van der Waals surface area contributed by atoms with E-state index in [4.69, 9.17) is 11.6 Å². The van der Waals surface area contributed by atoms with Crippen LogP contribution in [0.25, 0.3) is 0 Å². The molecule has 2 aromatic carbocycles. The highest BCUT2D eigenvalue weighted by atomic mass is 35.5. The molecule has 4 nitrogen and oxygen atoms in total. The second-order valence-corrected chi connectivity index (χ2v) is 9.37. The van der Waals surface area contributed by atoms with Gasteiger partial charge in [-0.1, -0.05) is 23.7 Å². The largest absolute Gasteiger partial charge is 0.337 e. The number of carbonyl (C=O) groups is 1. The Labute approximate surface area is 157 Å². The molecule has 0 radical (unpaired) electrons. The number of benzene rings is 2. The van der Waals surface area contributed by atoms with E-state index in [0.29, 0.717) is 23.6 Å². The van der Waals surface area contributed by atoms with E-state index in [-0.39, 0.29) is 17.3 Å². The van der Waals surface area contributed by atoms with Crippen molar-refractivity contribution in [2.24, 2.45) is 0 Å². The van der Waals surface area contributed by atoms with Gasteiger partial charge < -0.3 is 4.90 Å².